The van der Waals surface area contributed by atoms with Gasteiger partial charge in [-0.05, 0) is 36.8 Å². The van der Waals surface area contributed by atoms with E-state index in [4.69, 9.17) is 11.0 Å². The molecule has 2 aromatic carbocycles. The summed E-state index contributed by atoms with van der Waals surface area (Å²) in [6.45, 7) is 1.39. The summed E-state index contributed by atoms with van der Waals surface area (Å²) in [5, 5.41) is 15.3. The van der Waals surface area contributed by atoms with Gasteiger partial charge in [0.1, 0.15) is 5.69 Å². The summed E-state index contributed by atoms with van der Waals surface area (Å²) in [6.07, 6.45) is -4.85. The number of fused-ring (bicyclic) bond motifs is 1. The molecule has 0 fully saturated rings. The fourth-order valence-corrected chi connectivity index (χ4v) is 3.58. The normalized spacial score (nSPS) is 11.3. The van der Waals surface area contributed by atoms with Gasteiger partial charge in [-0.2, -0.15) is 23.5 Å². The van der Waals surface area contributed by atoms with Crippen LogP contribution >= 0.6 is 0 Å². The van der Waals surface area contributed by atoms with E-state index >= 15 is 0 Å². The van der Waals surface area contributed by atoms with Gasteiger partial charge in [0.05, 0.1) is 40.6 Å². The largest absolute Gasteiger partial charge is 0.437 e. The fraction of sp³-hybridized carbons (Fsp3) is 0.125. The molecule has 2 amide bonds. The van der Waals surface area contributed by atoms with Crippen molar-refractivity contribution in [2.45, 2.75) is 19.6 Å². The summed E-state index contributed by atoms with van der Waals surface area (Å²) in [7, 11) is 0. The minimum atomic E-state index is -4.85. The number of pyridine rings is 1. The number of nitrogens with zero attached hydrogens (tertiary/aromatic N) is 4. The number of carbonyl (C=O) groups is 2. The van der Waals surface area contributed by atoms with Crippen LogP contribution in [0.25, 0.3) is 10.9 Å². The van der Waals surface area contributed by atoms with Gasteiger partial charge in [-0.25, -0.2) is 4.98 Å². The van der Waals surface area contributed by atoms with Gasteiger partial charge in [0.15, 0.2) is 5.69 Å². The van der Waals surface area contributed by atoms with Crippen molar-refractivity contribution >= 4 is 28.4 Å². The quantitative estimate of drug-likeness (QED) is 0.448. The zero-order chi connectivity index (χ0) is 25.3. The average molecular weight is 478 g/mol. The second-order valence-corrected chi connectivity index (χ2v) is 7.66. The van der Waals surface area contributed by atoms with Crippen molar-refractivity contribution in [2.24, 2.45) is 5.73 Å². The summed E-state index contributed by atoms with van der Waals surface area (Å²) < 4.78 is 42.6. The Kier molecular flexibility index (Phi) is 5.96. The lowest BCUT2D eigenvalue weighted by molar-refractivity contribution is -0.140. The van der Waals surface area contributed by atoms with Crippen molar-refractivity contribution in [1.29, 1.82) is 5.26 Å². The monoisotopic (exact) mass is 478 g/mol. The van der Waals surface area contributed by atoms with Gasteiger partial charge >= 0.3 is 6.18 Å². The fourth-order valence-electron chi connectivity index (χ4n) is 3.58. The van der Waals surface area contributed by atoms with Crippen LogP contribution in [0.15, 0.2) is 54.6 Å². The van der Waals surface area contributed by atoms with Crippen molar-refractivity contribution in [3.8, 4) is 6.07 Å². The van der Waals surface area contributed by atoms with Crippen molar-refractivity contribution in [3.05, 3.63) is 88.4 Å². The Labute approximate surface area is 196 Å². The number of hydrogen-bond acceptors (Lipinski definition) is 5. The Balaban J connectivity index is 1.75. The van der Waals surface area contributed by atoms with Crippen LogP contribution in [0.4, 0.5) is 18.9 Å². The lowest BCUT2D eigenvalue weighted by Gasteiger charge is -2.11. The SMILES string of the molecule is Cc1c(NC(=O)c2cc(C(N)=O)nc3ccccc23)c(C(F)(F)F)nn1Cc1ccc(C#N)cc1. The van der Waals surface area contributed by atoms with Crippen LogP contribution in [-0.4, -0.2) is 26.6 Å². The molecule has 8 nitrogen and oxygen atoms in total. The zero-order valence-electron chi connectivity index (χ0n) is 18.2. The maximum absolute atomic E-state index is 13.8. The summed E-state index contributed by atoms with van der Waals surface area (Å²) >= 11 is 0. The molecule has 2 aromatic heterocycles. The molecule has 2 heterocycles. The number of amides is 2. The number of halogens is 3. The molecule has 0 atom stereocenters. The molecule has 0 aliphatic carbocycles. The van der Waals surface area contributed by atoms with E-state index in [1.54, 1.807) is 48.5 Å². The molecule has 0 radical (unpaired) electrons. The van der Waals surface area contributed by atoms with Crippen LogP contribution in [0.2, 0.25) is 0 Å². The molecule has 176 valence electrons. The molecule has 4 rings (SSSR count). The number of benzene rings is 2. The van der Waals surface area contributed by atoms with Gasteiger partial charge in [0.2, 0.25) is 0 Å². The van der Waals surface area contributed by atoms with E-state index in [0.717, 1.165) is 10.7 Å². The molecule has 0 aliphatic rings. The van der Waals surface area contributed by atoms with Gasteiger partial charge in [-0.15, -0.1) is 0 Å². The summed E-state index contributed by atoms with van der Waals surface area (Å²) in [6, 6.07) is 15.8. The number of aromatic nitrogens is 3. The zero-order valence-corrected chi connectivity index (χ0v) is 18.2. The van der Waals surface area contributed by atoms with Crippen LogP contribution in [0.5, 0.6) is 0 Å². The number of rotatable bonds is 5. The molecule has 0 saturated heterocycles. The Morgan fingerprint density at radius 1 is 1.14 bits per heavy atom. The summed E-state index contributed by atoms with van der Waals surface area (Å²) in [5.74, 6) is -1.76. The Morgan fingerprint density at radius 3 is 2.46 bits per heavy atom. The van der Waals surface area contributed by atoms with E-state index in [2.05, 4.69) is 15.4 Å². The molecule has 35 heavy (non-hydrogen) atoms. The van der Waals surface area contributed by atoms with E-state index in [1.165, 1.54) is 6.92 Å². The summed E-state index contributed by atoms with van der Waals surface area (Å²) in [5.41, 5.74) is 4.69. The average Bonchev–Trinajstić information content (AvgIpc) is 3.14. The molecule has 0 unspecified atom stereocenters. The number of para-hydroxylation sites is 1. The third-order valence-electron chi connectivity index (χ3n) is 5.34. The van der Waals surface area contributed by atoms with Gasteiger partial charge in [-0.1, -0.05) is 30.3 Å². The highest BCUT2D eigenvalue weighted by molar-refractivity contribution is 6.14. The van der Waals surface area contributed by atoms with Crippen LogP contribution < -0.4 is 11.1 Å². The maximum atomic E-state index is 13.8. The van der Waals surface area contributed by atoms with Gasteiger partial charge in [0.25, 0.3) is 11.8 Å². The predicted octanol–water partition coefficient (Wildman–Crippen LogP) is 4.03. The highest BCUT2D eigenvalue weighted by Crippen LogP contribution is 2.36. The van der Waals surface area contributed by atoms with E-state index in [0.29, 0.717) is 22.0 Å². The molecule has 0 aliphatic heterocycles. The minimum absolute atomic E-state index is 0.0134. The van der Waals surface area contributed by atoms with Crippen LogP contribution in [0.3, 0.4) is 0 Å². The highest BCUT2D eigenvalue weighted by Gasteiger charge is 2.39. The van der Waals surface area contributed by atoms with Crippen molar-refractivity contribution in [1.82, 2.24) is 14.8 Å². The number of hydrogen-bond donors (Lipinski definition) is 2. The number of anilines is 1. The van der Waals surface area contributed by atoms with Gasteiger partial charge in [-0.3, -0.25) is 14.3 Å². The van der Waals surface area contributed by atoms with Crippen LogP contribution in [0.1, 0.15) is 43.4 Å². The molecule has 0 bridgehead atoms. The third-order valence-corrected chi connectivity index (χ3v) is 5.34. The Hall–Kier alpha value is -4.72. The van der Waals surface area contributed by atoms with Crippen LogP contribution in [0, 0.1) is 18.3 Å². The lowest BCUT2D eigenvalue weighted by Crippen LogP contribution is -2.19. The molecular weight excluding hydrogens is 461 g/mol. The minimum Gasteiger partial charge on any atom is -0.364 e. The van der Waals surface area contributed by atoms with Gasteiger partial charge in [0, 0.05) is 5.39 Å². The molecule has 3 N–H and O–H groups in total. The van der Waals surface area contributed by atoms with E-state index in [9.17, 15) is 22.8 Å². The second kappa shape index (κ2) is 8.90. The molecule has 0 spiro atoms. The first-order chi connectivity index (χ1) is 16.6. The maximum Gasteiger partial charge on any atom is 0.437 e. The topological polar surface area (TPSA) is 127 Å². The first-order valence-corrected chi connectivity index (χ1v) is 10.2. The first kappa shape index (κ1) is 23.4. The number of nitriles is 1. The lowest BCUT2D eigenvalue weighted by atomic mass is 10.1. The summed E-state index contributed by atoms with van der Waals surface area (Å²) in [4.78, 5) is 28.9. The predicted molar refractivity (Wildman–Crippen MR) is 120 cm³/mol. The van der Waals surface area contributed by atoms with E-state index in [1.807, 2.05) is 6.07 Å². The van der Waals surface area contributed by atoms with Crippen LogP contribution in [-0.2, 0) is 12.7 Å². The second-order valence-electron chi connectivity index (χ2n) is 7.66. The van der Waals surface area contributed by atoms with Gasteiger partial charge < -0.3 is 11.1 Å². The number of nitrogens with one attached hydrogen (secondary N) is 1. The number of alkyl halides is 3. The molecule has 11 heteroatoms. The van der Waals surface area contributed by atoms with Crippen molar-refractivity contribution in [3.63, 3.8) is 0 Å². The Morgan fingerprint density at radius 2 is 1.83 bits per heavy atom. The van der Waals surface area contributed by atoms with E-state index in [-0.39, 0.29) is 23.5 Å². The highest BCUT2D eigenvalue weighted by atomic mass is 19.4. The smallest absolute Gasteiger partial charge is 0.364 e. The molecular formula is C24H17F3N6O2. The molecule has 4 aromatic rings. The standard InChI is InChI=1S/C24H17F3N6O2/c1-13-20(21(24(25,26)27)32-33(13)12-15-8-6-14(11-28)7-9-15)31-23(35)17-10-19(22(29)34)30-18-5-3-2-4-16(17)18/h2-10H,12H2,1H3,(H2,29,34)(H,31,35). The Bertz CT molecular complexity index is 1500. The van der Waals surface area contributed by atoms with E-state index < -0.39 is 29.4 Å². The third kappa shape index (κ3) is 4.67. The van der Waals surface area contributed by atoms with Crippen molar-refractivity contribution < 1.29 is 22.8 Å². The first-order valence-electron chi connectivity index (χ1n) is 10.2. The number of carbonyl (C=O) groups excluding carboxylic acids is 2. The van der Waals surface area contributed by atoms with Crippen molar-refractivity contribution in [2.75, 3.05) is 5.32 Å². The molecule has 0 saturated carbocycles. The number of nitrogens with two attached hydrogens (primary N) is 1. The number of primary amides is 1.